The Labute approximate surface area is 135 Å². The molecule has 0 aliphatic rings. The molecular weight excluding hydrogens is 306 g/mol. The minimum atomic E-state index is -0.667. The summed E-state index contributed by atoms with van der Waals surface area (Å²) in [6, 6.07) is -0.667. The fourth-order valence-corrected chi connectivity index (χ4v) is 2.54. The number of hydroxylamine groups is 1. The van der Waals surface area contributed by atoms with Gasteiger partial charge < -0.3 is 10.6 Å². The predicted molar refractivity (Wildman–Crippen MR) is 86.5 cm³/mol. The van der Waals surface area contributed by atoms with E-state index in [1.54, 1.807) is 5.48 Å². The van der Waals surface area contributed by atoms with Crippen LogP contribution in [0.25, 0.3) is 0 Å². The Kier molecular flexibility index (Phi) is 9.84. The zero-order chi connectivity index (χ0) is 17.3. The Morgan fingerprint density at radius 3 is 2.14 bits per heavy atom. The van der Waals surface area contributed by atoms with E-state index in [9.17, 15) is 14.4 Å². The quantitative estimate of drug-likeness (QED) is 0.364. The van der Waals surface area contributed by atoms with Gasteiger partial charge in [-0.15, -0.1) is 0 Å². The molecule has 0 aromatic carbocycles. The Hall–Kier alpha value is -1.28. The maximum Gasteiger partial charge on any atom is 0.244 e. The molecule has 3 amide bonds. The molecule has 0 rings (SSSR count). The minimum absolute atomic E-state index is 0.102. The lowest BCUT2D eigenvalue weighted by Crippen LogP contribution is -2.52. The van der Waals surface area contributed by atoms with Gasteiger partial charge in [-0.05, 0) is 18.6 Å². The van der Waals surface area contributed by atoms with E-state index in [0.717, 1.165) is 0 Å². The van der Waals surface area contributed by atoms with Crippen LogP contribution in [-0.4, -0.2) is 47.5 Å². The van der Waals surface area contributed by atoms with Crippen molar-refractivity contribution in [1.29, 1.82) is 0 Å². The number of hydrogen-bond acceptors (Lipinski definition) is 5. The zero-order valence-electron chi connectivity index (χ0n) is 13.8. The van der Waals surface area contributed by atoms with Crippen molar-refractivity contribution in [2.75, 3.05) is 13.3 Å². The minimum Gasteiger partial charge on any atom is -0.357 e. The third-order valence-electron chi connectivity index (χ3n) is 3.35. The third-order valence-corrected chi connectivity index (χ3v) is 4.37. The lowest BCUT2D eigenvalue weighted by molar-refractivity contribution is -0.136. The van der Waals surface area contributed by atoms with Crippen molar-refractivity contribution in [2.24, 2.45) is 11.8 Å². The van der Waals surface area contributed by atoms with Crippen molar-refractivity contribution in [3.8, 4) is 0 Å². The van der Waals surface area contributed by atoms with Gasteiger partial charge >= 0.3 is 0 Å². The highest BCUT2D eigenvalue weighted by molar-refractivity contribution is 7.99. The van der Waals surface area contributed by atoms with Crippen molar-refractivity contribution in [1.82, 2.24) is 16.1 Å². The van der Waals surface area contributed by atoms with Gasteiger partial charge in [-0.25, -0.2) is 5.48 Å². The second-order valence-electron chi connectivity index (χ2n) is 5.61. The lowest BCUT2D eigenvalue weighted by Gasteiger charge is -2.25. The van der Waals surface area contributed by atoms with E-state index in [1.165, 1.54) is 18.8 Å². The second-order valence-corrected chi connectivity index (χ2v) is 6.82. The van der Waals surface area contributed by atoms with Crippen LogP contribution >= 0.6 is 11.8 Å². The standard InChI is InChI=1S/C14H27N3O4S/c1-8(2)6-10(7-11(18)17-21)13(19)16-12(9(3)22-5)14(20)15-4/h8-10,12,21H,6-7H2,1-5H3,(H,15,20)(H,16,19)(H,17,18). The van der Waals surface area contributed by atoms with E-state index in [-0.39, 0.29) is 29.4 Å². The average molecular weight is 333 g/mol. The van der Waals surface area contributed by atoms with Crippen LogP contribution in [0.4, 0.5) is 0 Å². The van der Waals surface area contributed by atoms with Crippen molar-refractivity contribution < 1.29 is 19.6 Å². The van der Waals surface area contributed by atoms with Gasteiger partial charge in [-0.3, -0.25) is 19.6 Å². The molecular formula is C14H27N3O4S. The van der Waals surface area contributed by atoms with Gasteiger partial charge in [-0.1, -0.05) is 20.8 Å². The van der Waals surface area contributed by atoms with Crippen molar-refractivity contribution in [2.45, 2.75) is 44.9 Å². The first kappa shape index (κ1) is 20.7. The molecule has 0 saturated carbocycles. The molecule has 22 heavy (non-hydrogen) atoms. The highest BCUT2D eigenvalue weighted by atomic mass is 32.2. The molecule has 7 nitrogen and oxygen atoms in total. The van der Waals surface area contributed by atoms with Gasteiger partial charge in [0.15, 0.2) is 0 Å². The summed E-state index contributed by atoms with van der Waals surface area (Å²) >= 11 is 1.47. The van der Waals surface area contributed by atoms with E-state index in [2.05, 4.69) is 10.6 Å². The van der Waals surface area contributed by atoms with Crippen LogP contribution in [0.2, 0.25) is 0 Å². The van der Waals surface area contributed by atoms with Crippen LogP contribution in [0.5, 0.6) is 0 Å². The summed E-state index contributed by atoms with van der Waals surface area (Å²) in [5.74, 6) is -1.63. The van der Waals surface area contributed by atoms with Crippen LogP contribution in [0, 0.1) is 11.8 Å². The van der Waals surface area contributed by atoms with Gasteiger partial charge in [0.2, 0.25) is 17.7 Å². The normalized spacial score (nSPS) is 14.9. The molecule has 0 fully saturated rings. The SMILES string of the molecule is CNC(=O)C(NC(=O)C(CC(=O)NO)CC(C)C)C(C)SC. The third kappa shape index (κ3) is 7.13. The second kappa shape index (κ2) is 10.4. The average Bonchev–Trinajstić information content (AvgIpc) is 2.49. The smallest absolute Gasteiger partial charge is 0.244 e. The molecule has 0 aliphatic carbocycles. The van der Waals surface area contributed by atoms with E-state index >= 15 is 0 Å². The summed E-state index contributed by atoms with van der Waals surface area (Å²) in [5.41, 5.74) is 1.54. The molecule has 3 unspecified atom stereocenters. The number of carbonyl (C=O) groups excluding carboxylic acids is 3. The van der Waals surface area contributed by atoms with Crippen molar-refractivity contribution in [3.05, 3.63) is 0 Å². The molecule has 128 valence electrons. The number of rotatable bonds is 9. The van der Waals surface area contributed by atoms with E-state index in [1.807, 2.05) is 27.0 Å². The summed E-state index contributed by atoms with van der Waals surface area (Å²) in [5, 5.41) is 13.8. The van der Waals surface area contributed by atoms with Crippen LogP contribution in [0.15, 0.2) is 0 Å². The van der Waals surface area contributed by atoms with E-state index in [4.69, 9.17) is 5.21 Å². The fourth-order valence-electron chi connectivity index (χ4n) is 2.08. The van der Waals surface area contributed by atoms with Crippen molar-refractivity contribution >= 4 is 29.5 Å². The lowest BCUT2D eigenvalue weighted by atomic mass is 9.92. The molecule has 0 aromatic rings. The van der Waals surface area contributed by atoms with Gasteiger partial charge in [0.05, 0.1) is 0 Å². The van der Waals surface area contributed by atoms with Crippen LogP contribution in [0.3, 0.4) is 0 Å². The number of likely N-dealkylation sites (N-methyl/N-ethyl adjacent to an activating group) is 1. The Balaban J connectivity index is 5.02. The maximum atomic E-state index is 12.4. The summed E-state index contributed by atoms with van der Waals surface area (Å²) < 4.78 is 0. The molecule has 0 saturated heterocycles. The van der Waals surface area contributed by atoms with Gasteiger partial charge in [0.25, 0.3) is 0 Å². The molecule has 0 spiro atoms. The molecule has 0 bridgehead atoms. The molecule has 8 heteroatoms. The van der Waals surface area contributed by atoms with E-state index in [0.29, 0.717) is 6.42 Å². The maximum absolute atomic E-state index is 12.4. The first-order valence-electron chi connectivity index (χ1n) is 7.24. The monoisotopic (exact) mass is 333 g/mol. The molecule has 3 atom stereocenters. The molecule has 0 aliphatic heterocycles. The van der Waals surface area contributed by atoms with Crippen LogP contribution in [0.1, 0.15) is 33.6 Å². The number of hydrogen-bond donors (Lipinski definition) is 4. The summed E-state index contributed by atoms with van der Waals surface area (Å²) in [4.78, 5) is 35.7. The largest absolute Gasteiger partial charge is 0.357 e. The first-order chi connectivity index (χ1) is 10.3. The topological polar surface area (TPSA) is 108 Å². The summed E-state index contributed by atoms with van der Waals surface area (Å²) in [6.45, 7) is 5.73. The predicted octanol–water partition coefficient (Wildman–Crippen LogP) is 0.526. The highest BCUT2D eigenvalue weighted by Gasteiger charge is 2.30. The van der Waals surface area contributed by atoms with Gasteiger partial charge in [0.1, 0.15) is 6.04 Å². The van der Waals surface area contributed by atoms with Gasteiger partial charge in [-0.2, -0.15) is 11.8 Å². The van der Waals surface area contributed by atoms with Crippen molar-refractivity contribution in [3.63, 3.8) is 0 Å². The van der Waals surface area contributed by atoms with Gasteiger partial charge in [0, 0.05) is 24.6 Å². The summed E-state index contributed by atoms with van der Waals surface area (Å²) in [6.07, 6.45) is 2.24. The molecule has 4 N–H and O–H groups in total. The fraction of sp³-hybridized carbons (Fsp3) is 0.786. The molecule has 0 radical (unpaired) electrons. The van der Waals surface area contributed by atoms with Crippen LogP contribution in [-0.2, 0) is 14.4 Å². The Bertz CT molecular complexity index is 390. The number of carbonyl (C=O) groups is 3. The van der Waals surface area contributed by atoms with Crippen LogP contribution < -0.4 is 16.1 Å². The number of nitrogens with one attached hydrogen (secondary N) is 3. The zero-order valence-corrected chi connectivity index (χ0v) is 14.6. The van der Waals surface area contributed by atoms with E-state index < -0.39 is 17.9 Å². The Morgan fingerprint density at radius 1 is 1.14 bits per heavy atom. The first-order valence-corrected chi connectivity index (χ1v) is 8.53. The Morgan fingerprint density at radius 2 is 1.73 bits per heavy atom. The highest BCUT2D eigenvalue weighted by Crippen LogP contribution is 2.18. The number of thioether (sulfide) groups is 1. The molecule has 0 aromatic heterocycles. The summed E-state index contributed by atoms with van der Waals surface area (Å²) in [7, 11) is 1.51. The number of amides is 3. The molecule has 0 heterocycles.